The Morgan fingerprint density at radius 3 is 3.00 bits per heavy atom. The van der Waals surface area contributed by atoms with Crippen LogP contribution in [0.2, 0.25) is 0 Å². The van der Waals surface area contributed by atoms with Gasteiger partial charge < -0.3 is 10.3 Å². The molecule has 6 heteroatoms. The molecule has 0 fully saturated rings. The molecular formula is C10H15N5O. The fourth-order valence-corrected chi connectivity index (χ4v) is 1.35. The Morgan fingerprint density at radius 2 is 2.38 bits per heavy atom. The summed E-state index contributed by atoms with van der Waals surface area (Å²) in [5.74, 6) is 1.14. The number of nitrogens with two attached hydrogens (primary N) is 1. The van der Waals surface area contributed by atoms with Crippen molar-refractivity contribution in [3.05, 3.63) is 18.2 Å². The van der Waals surface area contributed by atoms with E-state index < -0.39 is 0 Å². The molecule has 86 valence electrons. The van der Waals surface area contributed by atoms with Gasteiger partial charge in [0.25, 0.3) is 0 Å². The average molecular weight is 221 g/mol. The molecule has 0 aliphatic heterocycles. The molecule has 1 atom stereocenters. The third-order valence-corrected chi connectivity index (χ3v) is 2.22. The highest BCUT2D eigenvalue weighted by atomic mass is 16.5. The Bertz CT molecular complexity index is 459. The molecule has 0 spiro atoms. The zero-order valence-electron chi connectivity index (χ0n) is 9.42. The Morgan fingerprint density at radius 1 is 1.56 bits per heavy atom. The summed E-state index contributed by atoms with van der Waals surface area (Å²) in [6.07, 6.45) is 3.38. The fraction of sp³-hybridized carbons (Fsp3) is 0.500. The highest BCUT2D eigenvalue weighted by molar-refractivity contribution is 5.46. The molecule has 2 aromatic heterocycles. The molecule has 0 bridgehead atoms. The lowest BCUT2D eigenvalue weighted by Crippen LogP contribution is -2.15. The lowest BCUT2D eigenvalue weighted by molar-refractivity contribution is 0.372. The van der Waals surface area contributed by atoms with Gasteiger partial charge in [0.1, 0.15) is 5.69 Å². The van der Waals surface area contributed by atoms with Crippen LogP contribution in [-0.4, -0.2) is 26.0 Å². The summed E-state index contributed by atoms with van der Waals surface area (Å²) in [6, 6.07) is 1.99. The molecule has 0 saturated heterocycles. The predicted octanol–water partition coefficient (Wildman–Crippen LogP) is 0.750. The van der Waals surface area contributed by atoms with Crippen molar-refractivity contribution in [3.8, 4) is 11.5 Å². The van der Waals surface area contributed by atoms with Gasteiger partial charge in [-0.2, -0.15) is 10.1 Å². The van der Waals surface area contributed by atoms with Gasteiger partial charge in [-0.25, -0.2) is 0 Å². The number of nitrogens with zero attached hydrogens (tertiary/aromatic N) is 4. The van der Waals surface area contributed by atoms with Gasteiger partial charge in [-0.15, -0.1) is 0 Å². The summed E-state index contributed by atoms with van der Waals surface area (Å²) < 4.78 is 6.81. The van der Waals surface area contributed by atoms with Crippen LogP contribution in [0.4, 0.5) is 0 Å². The number of hydrogen-bond acceptors (Lipinski definition) is 5. The maximum absolute atomic E-state index is 5.66. The SMILES string of the molecule is CC(N)CCc1nc(-c2ccn(C)n2)no1. The molecular weight excluding hydrogens is 206 g/mol. The number of aryl methyl sites for hydroxylation is 2. The molecule has 2 aromatic rings. The van der Waals surface area contributed by atoms with Gasteiger partial charge in [0, 0.05) is 25.7 Å². The van der Waals surface area contributed by atoms with E-state index in [9.17, 15) is 0 Å². The molecule has 0 aliphatic carbocycles. The first kappa shape index (κ1) is 10.8. The van der Waals surface area contributed by atoms with Crippen LogP contribution < -0.4 is 5.73 Å². The van der Waals surface area contributed by atoms with Crippen molar-refractivity contribution < 1.29 is 4.52 Å². The van der Waals surface area contributed by atoms with E-state index in [0.29, 0.717) is 18.1 Å². The van der Waals surface area contributed by atoms with Gasteiger partial charge in [0.15, 0.2) is 0 Å². The second-order valence-electron chi connectivity index (χ2n) is 3.90. The number of hydrogen-bond donors (Lipinski definition) is 1. The van der Waals surface area contributed by atoms with Crippen molar-refractivity contribution in [1.82, 2.24) is 19.9 Å². The van der Waals surface area contributed by atoms with Crippen LogP contribution >= 0.6 is 0 Å². The van der Waals surface area contributed by atoms with Crippen molar-refractivity contribution >= 4 is 0 Å². The van der Waals surface area contributed by atoms with Crippen LogP contribution in [0.15, 0.2) is 16.8 Å². The van der Waals surface area contributed by atoms with E-state index in [1.54, 1.807) is 4.68 Å². The van der Waals surface area contributed by atoms with Crippen LogP contribution in [0, 0.1) is 0 Å². The lowest BCUT2D eigenvalue weighted by atomic mass is 10.2. The first-order valence-corrected chi connectivity index (χ1v) is 5.23. The van der Waals surface area contributed by atoms with E-state index in [1.165, 1.54) is 0 Å². The first-order chi connectivity index (χ1) is 7.65. The normalized spacial score (nSPS) is 12.9. The molecule has 2 N–H and O–H groups in total. The Hall–Kier alpha value is -1.69. The topological polar surface area (TPSA) is 82.8 Å². The molecule has 1 unspecified atom stereocenters. The predicted molar refractivity (Wildman–Crippen MR) is 58.5 cm³/mol. The summed E-state index contributed by atoms with van der Waals surface area (Å²) in [4.78, 5) is 4.26. The third kappa shape index (κ3) is 2.46. The Kier molecular flexibility index (Phi) is 3.00. The van der Waals surface area contributed by atoms with Crippen LogP contribution in [0.3, 0.4) is 0 Å². The van der Waals surface area contributed by atoms with Crippen LogP contribution in [0.25, 0.3) is 11.5 Å². The standard InChI is InChI=1S/C10H15N5O/c1-7(11)3-4-9-12-10(14-16-9)8-5-6-15(2)13-8/h5-7H,3-4,11H2,1-2H3. The van der Waals surface area contributed by atoms with Crippen molar-refractivity contribution in [2.24, 2.45) is 12.8 Å². The van der Waals surface area contributed by atoms with Crippen LogP contribution in [-0.2, 0) is 13.5 Å². The van der Waals surface area contributed by atoms with Gasteiger partial charge in [0.2, 0.25) is 11.7 Å². The van der Waals surface area contributed by atoms with Crippen LogP contribution in [0.1, 0.15) is 19.2 Å². The minimum atomic E-state index is 0.144. The molecule has 2 rings (SSSR count). The first-order valence-electron chi connectivity index (χ1n) is 5.23. The summed E-state index contributed by atoms with van der Waals surface area (Å²) in [7, 11) is 1.85. The molecule has 0 aliphatic rings. The number of rotatable bonds is 4. The molecule has 6 nitrogen and oxygen atoms in total. The second-order valence-corrected chi connectivity index (χ2v) is 3.90. The van der Waals surface area contributed by atoms with Crippen molar-refractivity contribution in [2.75, 3.05) is 0 Å². The highest BCUT2D eigenvalue weighted by Crippen LogP contribution is 2.13. The Labute approximate surface area is 93.4 Å². The molecule has 16 heavy (non-hydrogen) atoms. The largest absolute Gasteiger partial charge is 0.339 e. The maximum Gasteiger partial charge on any atom is 0.227 e. The van der Waals surface area contributed by atoms with E-state index in [-0.39, 0.29) is 6.04 Å². The van der Waals surface area contributed by atoms with E-state index >= 15 is 0 Å². The molecule has 0 amide bonds. The minimum absolute atomic E-state index is 0.144. The summed E-state index contributed by atoms with van der Waals surface area (Å²) in [5, 5.41) is 8.07. The minimum Gasteiger partial charge on any atom is -0.339 e. The van der Waals surface area contributed by atoms with Crippen molar-refractivity contribution in [1.29, 1.82) is 0 Å². The second kappa shape index (κ2) is 4.44. The van der Waals surface area contributed by atoms with E-state index in [1.807, 2.05) is 26.2 Å². The molecule has 0 saturated carbocycles. The van der Waals surface area contributed by atoms with E-state index in [2.05, 4.69) is 15.2 Å². The van der Waals surface area contributed by atoms with E-state index in [4.69, 9.17) is 10.3 Å². The van der Waals surface area contributed by atoms with Gasteiger partial charge in [-0.3, -0.25) is 4.68 Å². The quantitative estimate of drug-likeness (QED) is 0.823. The number of aromatic nitrogens is 4. The lowest BCUT2D eigenvalue weighted by Gasteiger charge is -1.99. The highest BCUT2D eigenvalue weighted by Gasteiger charge is 2.10. The van der Waals surface area contributed by atoms with Crippen LogP contribution in [0.5, 0.6) is 0 Å². The van der Waals surface area contributed by atoms with Gasteiger partial charge >= 0.3 is 0 Å². The monoisotopic (exact) mass is 221 g/mol. The maximum atomic E-state index is 5.66. The fourth-order valence-electron chi connectivity index (χ4n) is 1.35. The smallest absolute Gasteiger partial charge is 0.227 e. The molecule has 2 heterocycles. The average Bonchev–Trinajstić information content (AvgIpc) is 2.83. The third-order valence-electron chi connectivity index (χ3n) is 2.22. The molecule has 0 radical (unpaired) electrons. The Balaban J connectivity index is 2.07. The van der Waals surface area contributed by atoms with Crippen molar-refractivity contribution in [3.63, 3.8) is 0 Å². The summed E-state index contributed by atoms with van der Waals surface area (Å²) in [5.41, 5.74) is 6.38. The summed E-state index contributed by atoms with van der Waals surface area (Å²) >= 11 is 0. The molecule has 0 aromatic carbocycles. The van der Waals surface area contributed by atoms with Gasteiger partial charge in [-0.1, -0.05) is 5.16 Å². The van der Waals surface area contributed by atoms with Gasteiger partial charge in [-0.05, 0) is 19.4 Å². The van der Waals surface area contributed by atoms with Crippen molar-refractivity contribution in [2.45, 2.75) is 25.8 Å². The summed E-state index contributed by atoms with van der Waals surface area (Å²) in [6.45, 7) is 1.95. The van der Waals surface area contributed by atoms with E-state index in [0.717, 1.165) is 12.1 Å². The zero-order valence-corrected chi connectivity index (χ0v) is 9.42. The van der Waals surface area contributed by atoms with Gasteiger partial charge in [0.05, 0.1) is 0 Å². The zero-order chi connectivity index (χ0) is 11.5.